The van der Waals surface area contributed by atoms with Crippen molar-refractivity contribution in [2.24, 2.45) is 7.05 Å². The summed E-state index contributed by atoms with van der Waals surface area (Å²) in [4.78, 5) is 14.1. The Morgan fingerprint density at radius 2 is 2.21 bits per heavy atom. The maximum atomic E-state index is 11.3. The lowest BCUT2D eigenvalue weighted by Gasteiger charge is -1.99. The van der Waals surface area contributed by atoms with Gasteiger partial charge in [-0.15, -0.1) is 0 Å². The first-order valence-electron chi connectivity index (χ1n) is 4.90. The summed E-state index contributed by atoms with van der Waals surface area (Å²) in [5, 5.41) is 0. The van der Waals surface area contributed by atoms with Crippen LogP contribution in [0.5, 0.6) is 0 Å². The Morgan fingerprint density at radius 3 is 2.93 bits per heavy atom. The lowest BCUT2D eigenvalue weighted by Crippen LogP contribution is -2.11. The van der Waals surface area contributed by atoms with E-state index in [1.54, 1.807) is 11.6 Å². The predicted molar refractivity (Wildman–Crippen MR) is 57.5 cm³/mol. The number of nitrogens with zero attached hydrogens (tertiary/aromatic N) is 1. The number of H-pyrrole nitrogens is 1. The largest absolute Gasteiger partial charge is 0.326 e. The number of imidazole rings is 1. The minimum absolute atomic E-state index is 0.0475. The summed E-state index contributed by atoms with van der Waals surface area (Å²) in [6, 6.07) is 6.13. The van der Waals surface area contributed by atoms with Gasteiger partial charge in [-0.05, 0) is 24.1 Å². The Balaban J connectivity index is 2.63. The average Bonchev–Trinajstić information content (AvgIpc) is 2.45. The van der Waals surface area contributed by atoms with Crippen LogP contribution in [0.15, 0.2) is 23.0 Å². The minimum atomic E-state index is -0.0475. The molecule has 0 bridgehead atoms. The van der Waals surface area contributed by atoms with E-state index in [4.69, 9.17) is 0 Å². The molecule has 0 spiro atoms. The van der Waals surface area contributed by atoms with Crippen LogP contribution in [0.3, 0.4) is 0 Å². The van der Waals surface area contributed by atoms with Crippen LogP contribution < -0.4 is 5.69 Å². The van der Waals surface area contributed by atoms with Crippen molar-refractivity contribution in [1.82, 2.24) is 9.55 Å². The van der Waals surface area contributed by atoms with Gasteiger partial charge in [0.15, 0.2) is 0 Å². The van der Waals surface area contributed by atoms with Gasteiger partial charge in [0.2, 0.25) is 0 Å². The first-order chi connectivity index (χ1) is 6.72. The molecule has 1 aromatic heterocycles. The van der Waals surface area contributed by atoms with Gasteiger partial charge < -0.3 is 4.98 Å². The average molecular weight is 190 g/mol. The predicted octanol–water partition coefficient (Wildman–Crippen LogP) is 1.82. The molecule has 0 radical (unpaired) electrons. The monoisotopic (exact) mass is 190 g/mol. The second kappa shape index (κ2) is 3.33. The molecule has 0 atom stereocenters. The van der Waals surface area contributed by atoms with E-state index < -0.39 is 0 Å². The molecule has 2 rings (SSSR count). The van der Waals surface area contributed by atoms with E-state index in [2.05, 4.69) is 24.0 Å². The maximum absolute atomic E-state index is 11.3. The standard InChI is InChI=1S/C11H14N2O/c1-3-4-8-5-6-9-10(7-8)13(2)11(14)12-9/h5-7H,3-4H2,1-2H3,(H,12,14). The number of hydrogen-bond donors (Lipinski definition) is 1. The lowest BCUT2D eigenvalue weighted by atomic mass is 10.1. The van der Waals surface area contributed by atoms with Crippen molar-refractivity contribution in [3.05, 3.63) is 34.2 Å². The minimum Gasteiger partial charge on any atom is -0.306 e. The van der Waals surface area contributed by atoms with E-state index in [0.29, 0.717) is 0 Å². The van der Waals surface area contributed by atoms with Crippen molar-refractivity contribution in [2.75, 3.05) is 0 Å². The van der Waals surface area contributed by atoms with Crippen LogP contribution in [0.2, 0.25) is 0 Å². The SMILES string of the molecule is CCCc1ccc2[nH]c(=O)n(C)c2c1. The Kier molecular flexibility index (Phi) is 2.15. The molecule has 1 aromatic carbocycles. The van der Waals surface area contributed by atoms with Crippen molar-refractivity contribution in [2.45, 2.75) is 19.8 Å². The van der Waals surface area contributed by atoms with E-state index in [1.165, 1.54) is 5.56 Å². The normalized spacial score (nSPS) is 11.0. The molecule has 3 nitrogen and oxygen atoms in total. The molecule has 0 aliphatic rings. The Morgan fingerprint density at radius 1 is 1.43 bits per heavy atom. The molecule has 74 valence electrons. The highest BCUT2D eigenvalue weighted by Crippen LogP contribution is 2.13. The van der Waals surface area contributed by atoms with Gasteiger partial charge in [-0.25, -0.2) is 4.79 Å². The van der Waals surface area contributed by atoms with E-state index in [-0.39, 0.29) is 5.69 Å². The van der Waals surface area contributed by atoms with Gasteiger partial charge in [-0.3, -0.25) is 4.57 Å². The highest BCUT2D eigenvalue weighted by Gasteiger charge is 2.02. The third-order valence-corrected chi connectivity index (χ3v) is 2.51. The molecule has 2 aromatic rings. The smallest absolute Gasteiger partial charge is 0.306 e. The second-order valence-electron chi connectivity index (χ2n) is 3.59. The first kappa shape index (κ1) is 9.06. The molecule has 0 aliphatic carbocycles. The molecule has 0 aliphatic heterocycles. The van der Waals surface area contributed by atoms with Crippen LogP contribution in [0.25, 0.3) is 11.0 Å². The maximum Gasteiger partial charge on any atom is 0.326 e. The number of fused-ring (bicyclic) bond motifs is 1. The highest BCUT2D eigenvalue weighted by atomic mass is 16.1. The highest BCUT2D eigenvalue weighted by molar-refractivity contribution is 5.75. The summed E-state index contributed by atoms with van der Waals surface area (Å²) in [6.45, 7) is 2.15. The summed E-state index contributed by atoms with van der Waals surface area (Å²) in [5.74, 6) is 0. The molecule has 0 fully saturated rings. The van der Waals surface area contributed by atoms with E-state index in [1.807, 2.05) is 6.07 Å². The topological polar surface area (TPSA) is 37.8 Å². The molecular formula is C11H14N2O. The molecular weight excluding hydrogens is 176 g/mol. The number of benzene rings is 1. The second-order valence-corrected chi connectivity index (χ2v) is 3.59. The quantitative estimate of drug-likeness (QED) is 0.770. The van der Waals surface area contributed by atoms with Crippen LogP contribution in [-0.2, 0) is 13.5 Å². The van der Waals surface area contributed by atoms with Gasteiger partial charge in [-0.1, -0.05) is 19.4 Å². The molecule has 1 heterocycles. The van der Waals surface area contributed by atoms with Gasteiger partial charge in [0.05, 0.1) is 11.0 Å². The fourth-order valence-corrected chi connectivity index (χ4v) is 1.71. The van der Waals surface area contributed by atoms with Crippen LogP contribution in [0, 0.1) is 0 Å². The molecule has 1 N–H and O–H groups in total. The first-order valence-corrected chi connectivity index (χ1v) is 4.90. The number of aromatic nitrogens is 2. The number of aryl methyl sites for hydroxylation is 2. The van der Waals surface area contributed by atoms with Crippen molar-refractivity contribution in [3.63, 3.8) is 0 Å². The van der Waals surface area contributed by atoms with Gasteiger partial charge in [0, 0.05) is 7.05 Å². The number of aromatic amines is 1. The summed E-state index contributed by atoms with van der Waals surface area (Å²) in [7, 11) is 1.79. The molecule has 0 unspecified atom stereocenters. The Hall–Kier alpha value is -1.51. The fourth-order valence-electron chi connectivity index (χ4n) is 1.71. The summed E-state index contributed by atoms with van der Waals surface area (Å²) in [5.41, 5.74) is 3.14. The third-order valence-electron chi connectivity index (χ3n) is 2.51. The molecule has 0 saturated heterocycles. The summed E-state index contributed by atoms with van der Waals surface area (Å²) < 4.78 is 1.65. The van der Waals surface area contributed by atoms with Crippen molar-refractivity contribution < 1.29 is 0 Å². The van der Waals surface area contributed by atoms with E-state index in [9.17, 15) is 4.79 Å². The van der Waals surface area contributed by atoms with Gasteiger partial charge in [0.1, 0.15) is 0 Å². The van der Waals surface area contributed by atoms with E-state index >= 15 is 0 Å². The van der Waals surface area contributed by atoms with Gasteiger partial charge in [0.25, 0.3) is 0 Å². The Bertz CT molecular complexity index is 507. The zero-order valence-electron chi connectivity index (χ0n) is 8.50. The van der Waals surface area contributed by atoms with Gasteiger partial charge in [-0.2, -0.15) is 0 Å². The van der Waals surface area contributed by atoms with Crippen molar-refractivity contribution in [1.29, 1.82) is 0 Å². The Labute approximate surface area is 82.4 Å². The van der Waals surface area contributed by atoms with Crippen LogP contribution >= 0.6 is 0 Å². The zero-order chi connectivity index (χ0) is 10.1. The molecule has 14 heavy (non-hydrogen) atoms. The van der Waals surface area contributed by atoms with Crippen molar-refractivity contribution >= 4 is 11.0 Å². The molecule has 0 saturated carbocycles. The van der Waals surface area contributed by atoms with Gasteiger partial charge >= 0.3 is 5.69 Å². The number of nitrogens with one attached hydrogen (secondary N) is 1. The van der Waals surface area contributed by atoms with Crippen molar-refractivity contribution in [3.8, 4) is 0 Å². The number of hydrogen-bond acceptors (Lipinski definition) is 1. The summed E-state index contributed by atoms with van der Waals surface area (Å²) >= 11 is 0. The molecule has 3 heteroatoms. The summed E-state index contributed by atoms with van der Waals surface area (Å²) in [6.07, 6.45) is 2.19. The van der Waals surface area contributed by atoms with Crippen LogP contribution in [0.1, 0.15) is 18.9 Å². The lowest BCUT2D eigenvalue weighted by molar-refractivity contribution is 0.887. The molecule has 0 amide bonds. The third kappa shape index (κ3) is 1.35. The fraction of sp³-hybridized carbons (Fsp3) is 0.364. The van der Waals surface area contributed by atoms with E-state index in [0.717, 1.165) is 23.9 Å². The van der Waals surface area contributed by atoms with Crippen LogP contribution in [0.4, 0.5) is 0 Å². The van der Waals surface area contributed by atoms with Crippen LogP contribution in [-0.4, -0.2) is 9.55 Å². The number of rotatable bonds is 2. The zero-order valence-corrected chi connectivity index (χ0v) is 8.50.